The fraction of sp³-hybridized carbons (Fsp3) is 0.227. The van der Waals surface area contributed by atoms with E-state index in [-0.39, 0.29) is 24.8 Å². The highest BCUT2D eigenvalue weighted by Crippen LogP contribution is 2.22. The second kappa shape index (κ2) is 9.52. The Morgan fingerprint density at radius 2 is 1.86 bits per heavy atom. The van der Waals surface area contributed by atoms with Crippen molar-refractivity contribution >= 4 is 33.4 Å². The molecule has 0 fully saturated rings. The lowest BCUT2D eigenvalue weighted by atomic mass is 10.1. The summed E-state index contributed by atoms with van der Waals surface area (Å²) in [5.74, 6) is 0.765. The Morgan fingerprint density at radius 3 is 2.59 bits per heavy atom. The summed E-state index contributed by atoms with van der Waals surface area (Å²) >= 11 is 3.38. The molecule has 150 valence electrons. The number of rotatable bonds is 7. The van der Waals surface area contributed by atoms with Crippen molar-refractivity contribution in [1.29, 1.82) is 0 Å². The number of oxazole rings is 1. The second-order valence-corrected chi connectivity index (χ2v) is 7.62. The summed E-state index contributed by atoms with van der Waals surface area (Å²) in [6.07, 6.45) is 2.26. The van der Waals surface area contributed by atoms with Crippen LogP contribution in [0.1, 0.15) is 17.9 Å². The highest BCUT2D eigenvalue weighted by Gasteiger charge is 2.15. The zero-order valence-corrected chi connectivity index (χ0v) is 17.9. The Kier molecular flexibility index (Phi) is 6.82. The molecule has 29 heavy (non-hydrogen) atoms. The maximum absolute atomic E-state index is 12.4. The molecular weight excluding hydrogens is 434 g/mol. The Hall–Kier alpha value is -2.93. The molecule has 0 spiro atoms. The molecule has 0 radical (unpaired) electrons. The number of aromatic nitrogens is 1. The van der Waals surface area contributed by atoms with Crippen molar-refractivity contribution in [2.45, 2.75) is 19.8 Å². The number of likely N-dealkylation sites (N-methyl/N-ethyl adjacent to an activating group) is 1. The van der Waals surface area contributed by atoms with E-state index in [2.05, 4.69) is 26.2 Å². The molecule has 7 heteroatoms. The smallest absolute Gasteiger partial charge is 0.244 e. The Labute approximate surface area is 178 Å². The van der Waals surface area contributed by atoms with Crippen LogP contribution in [0.25, 0.3) is 11.3 Å². The van der Waals surface area contributed by atoms with Crippen molar-refractivity contribution in [2.24, 2.45) is 0 Å². The average Bonchev–Trinajstić information content (AvgIpc) is 3.17. The predicted molar refractivity (Wildman–Crippen MR) is 115 cm³/mol. The number of para-hydroxylation sites is 1. The highest BCUT2D eigenvalue weighted by molar-refractivity contribution is 9.10. The summed E-state index contributed by atoms with van der Waals surface area (Å²) in [6.45, 7) is 2.00. The van der Waals surface area contributed by atoms with Gasteiger partial charge in [0.25, 0.3) is 0 Å². The van der Waals surface area contributed by atoms with E-state index in [1.54, 1.807) is 19.3 Å². The van der Waals surface area contributed by atoms with Gasteiger partial charge in [-0.15, -0.1) is 0 Å². The number of amides is 2. The molecule has 0 saturated carbocycles. The van der Waals surface area contributed by atoms with Gasteiger partial charge < -0.3 is 14.6 Å². The van der Waals surface area contributed by atoms with Crippen LogP contribution in [0.15, 0.2) is 63.6 Å². The third-order valence-corrected chi connectivity index (χ3v) is 5.09. The van der Waals surface area contributed by atoms with Crippen molar-refractivity contribution in [3.05, 3.63) is 70.7 Å². The van der Waals surface area contributed by atoms with Crippen LogP contribution >= 0.6 is 15.9 Å². The molecule has 2 amide bonds. The van der Waals surface area contributed by atoms with Gasteiger partial charge in [0.1, 0.15) is 0 Å². The largest absolute Gasteiger partial charge is 0.441 e. The monoisotopic (exact) mass is 455 g/mol. The number of halogens is 1. The normalized spacial score (nSPS) is 10.6. The van der Waals surface area contributed by atoms with E-state index in [1.807, 2.05) is 49.4 Å². The number of carbonyl (C=O) groups excluding carboxylic acids is 2. The molecule has 0 aliphatic heterocycles. The molecule has 1 heterocycles. The number of nitrogens with zero attached hydrogens (tertiary/aromatic N) is 2. The molecule has 0 aliphatic rings. The van der Waals surface area contributed by atoms with E-state index in [0.29, 0.717) is 23.8 Å². The third-order valence-electron chi connectivity index (χ3n) is 4.40. The lowest BCUT2D eigenvalue weighted by molar-refractivity contribution is -0.133. The molecule has 1 aromatic heterocycles. The van der Waals surface area contributed by atoms with Crippen LogP contribution in [0.5, 0.6) is 0 Å². The van der Waals surface area contributed by atoms with Gasteiger partial charge in [0, 0.05) is 29.9 Å². The van der Waals surface area contributed by atoms with Gasteiger partial charge in [0.2, 0.25) is 11.8 Å². The first-order valence-corrected chi connectivity index (χ1v) is 10.0. The van der Waals surface area contributed by atoms with E-state index >= 15 is 0 Å². The van der Waals surface area contributed by atoms with Crippen molar-refractivity contribution < 1.29 is 14.0 Å². The van der Waals surface area contributed by atoms with Crippen LogP contribution in [0.3, 0.4) is 0 Å². The van der Waals surface area contributed by atoms with Gasteiger partial charge in [-0.1, -0.05) is 42.0 Å². The quantitative estimate of drug-likeness (QED) is 0.571. The topological polar surface area (TPSA) is 75.4 Å². The Balaban J connectivity index is 1.49. The molecule has 0 bridgehead atoms. The maximum Gasteiger partial charge on any atom is 0.244 e. The summed E-state index contributed by atoms with van der Waals surface area (Å²) < 4.78 is 6.53. The lowest BCUT2D eigenvalue weighted by Gasteiger charge is -2.16. The molecule has 2 aromatic carbocycles. The van der Waals surface area contributed by atoms with Gasteiger partial charge in [-0.25, -0.2) is 4.98 Å². The van der Waals surface area contributed by atoms with Crippen molar-refractivity contribution in [3.63, 3.8) is 0 Å². The zero-order valence-electron chi connectivity index (χ0n) is 16.3. The van der Waals surface area contributed by atoms with E-state index in [9.17, 15) is 9.59 Å². The highest BCUT2D eigenvalue weighted by atomic mass is 79.9. The molecule has 0 unspecified atom stereocenters. The Bertz CT molecular complexity index is 999. The summed E-state index contributed by atoms with van der Waals surface area (Å²) in [5, 5.41) is 2.78. The minimum atomic E-state index is -0.259. The molecular formula is C22H22BrN3O3. The predicted octanol–water partition coefficient (Wildman–Crippen LogP) is 4.44. The minimum Gasteiger partial charge on any atom is -0.441 e. The van der Waals surface area contributed by atoms with E-state index in [4.69, 9.17) is 4.42 Å². The van der Waals surface area contributed by atoms with Gasteiger partial charge >= 0.3 is 0 Å². The zero-order chi connectivity index (χ0) is 20.8. The number of hydrogen-bond acceptors (Lipinski definition) is 4. The molecule has 1 N–H and O–H groups in total. The van der Waals surface area contributed by atoms with Crippen LogP contribution in [-0.2, 0) is 16.0 Å². The fourth-order valence-corrected chi connectivity index (χ4v) is 3.12. The SMILES string of the molecule is Cc1ccc(-c2cnc(CCC(=O)N(C)CC(=O)Nc3ccccc3Br)o2)cc1. The van der Waals surface area contributed by atoms with Crippen LogP contribution < -0.4 is 5.32 Å². The first-order valence-electron chi connectivity index (χ1n) is 9.22. The van der Waals surface area contributed by atoms with Gasteiger partial charge in [-0.2, -0.15) is 0 Å². The van der Waals surface area contributed by atoms with E-state index < -0.39 is 0 Å². The number of benzene rings is 2. The molecule has 0 atom stereocenters. The van der Waals surface area contributed by atoms with Crippen LogP contribution in [0.4, 0.5) is 5.69 Å². The number of carbonyl (C=O) groups is 2. The standard InChI is InChI=1S/C22H22BrN3O3/c1-15-7-9-16(10-8-15)19-13-24-21(29-19)11-12-22(28)26(2)14-20(27)25-18-6-4-3-5-17(18)23/h3-10,13H,11-12,14H2,1-2H3,(H,25,27). The first kappa shape index (κ1) is 20.8. The van der Waals surface area contributed by atoms with E-state index in [0.717, 1.165) is 10.0 Å². The van der Waals surface area contributed by atoms with Crippen LogP contribution in [0, 0.1) is 6.92 Å². The average molecular weight is 456 g/mol. The lowest BCUT2D eigenvalue weighted by Crippen LogP contribution is -2.35. The van der Waals surface area contributed by atoms with Crippen LogP contribution in [-0.4, -0.2) is 35.3 Å². The molecule has 3 aromatic rings. The van der Waals surface area contributed by atoms with Gasteiger partial charge in [-0.3, -0.25) is 9.59 Å². The van der Waals surface area contributed by atoms with Crippen molar-refractivity contribution in [3.8, 4) is 11.3 Å². The van der Waals surface area contributed by atoms with Gasteiger partial charge in [0.15, 0.2) is 11.7 Å². The van der Waals surface area contributed by atoms with Crippen LogP contribution in [0.2, 0.25) is 0 Å². The van der Waals surface area contributed by atoms with Crippen molar-refractivity contribution in [1.82, 2.24) is 9.88 Å². The third kappa shape index (κ3) is 5.77. The number of nitrogens with one attached hydrogen (secondary N) is 1. The molecule has 3 rings (SSSR count). The fourth-order valence-electron chi connectivity index (χ4n) is 2.74. The summed E-state index contributed by atoms with van der Waals surface area (Å²) in [5.41, 5.74) is 2.79. The number of hydrogen-bond donors (Lipinski definition) is 1. The minimum absolute atomic E-state index is 0.0274. The Morgan fingerprint density at radius 1 is 1.14 bits per heavy atom. The summed E-state index contributed by atoms with van der Waals surface area (Å²) in [4.78, 5) is 30.2. The summed E-state index contributed by atoms with van der Waals surface area (Å²) in [6, 6.07) is 15.3. The molecule has 6 nitrogen and oxygen atoms in total. The maximum atomic E-state index is 12.4. The molecule has 0 aliphatic carbocycles. The summed E-state index contributed by atoms with van der Waals surface area (Å²) in [7, 11) is 1.61. The van der Waals surface area contributed by atoms with E-state index in [1.165, 1.54) is 10.5 Å². The first-order chi connectivity index (χ1) is 13.9. The van der Waals surface area contributed by atoms with Crippen molar-refractivity contribution in [2.75, 3.05) is 18.9 Å². The second-order valence-electron chi connectivity index (χ2n) is 6.76. The number of anilines is 1. The van der Waals surface area contributed by atoms with Gasteiger partial charge in [-0.05, 0) is 35.0 Å². The number of aryl methyl sites for hydroxylation is 2. The molecule has 0 saturated heterocycles. The van der Waals surface area contributed by atoms with Gasteiger partial charge in [0.05, 0.1) is 18.4 Å².